The van der Waals surface area contributed by atoms with Crippen molar-refractivity contribution < 1.29 is 13.2 Å². The maximum atomic E-state index is 13.3. The van der Waals surface area contributed by atoms with Gasteiger partial charge in [0.25, 0.3) is 0 Å². The zero-order valence-electron chi connectivity index (χ0n) is 16.9. The van der Waals surface area contributed by atoms with Crippen molar-refractivity contribution in [2.45, 2.75) is 24.0 Å². The Kier molecular flexibility index (Phi) is 6.79. The van der Waals surface area contributed by atoms with E-state index in [0.717, 1.165) is 16.7 Å². The number of benzene rings is 2. The Morgan fingerprint density at radius 3 is 2.23 bits per heavy atom. The zero-order valence-corrected chi connectivity index (χ0v) is 17.8. The maximum absolute atomic E-state index is 13.3. The molecule has 1 heterocycles. The summed E-state index contributed by atoms with van der Waals surface area (Å²) < 4.78 is 26.5. The van der Waals surface area contributed by atoms with Crippen molar-refractivity contribution in [1.82, 2.24) is 10.3 Å². The van der Waals surface area contributed by atoms with Gasteiger partial charge in [0, 0.05) is 25.0 Å². The van der Waals surface area contributed by atoms with E-state index in [-0.39, 0.29) is 17.3 Å². The molecule has 154 valence electrons. The van der Waals surface area contributed by atoms with E-state index in [0.29, 0.717) is 5.56 Å². The molecule has 30 heavy (non-hydrogen) atoms. The van der Waals surface area contributed by atoms with Crippen LogP contribution in [0.4, 0.5) is 0 Å². The number of hydrogen-bond acceptors (Lipinski definition) is 4. The van der Waals surface area contributed by atoms with Crippen molar-refractivity contribution in [2.75, 3.05) is 6.54 Å². The molecule has 1 amide bonds. The van der Waals surface area contributed by atoms with Gasteiger partial charge in [-0.2, -0.15) is 0 Å². The number of rotatable bonds is 7. The first-order valence-electron chi connectivity index (χ1n) is 9.59. The van der Waals surface area contributed by atoms with Crippen molar-refractivity contribution in [3.05, 3.63) is 101 Å². The molecular weight excluding hydrogens is 396 g/mol. The third-order valence-electron chi connectivity index (χ3n) is 4.75. The highest BCUT2D eigenvalue weighted by molar-refractivity contribution is 7.91. The van der Waals surface area contributed by atoms with Gasteiger partial charge < -0.3 is 5.32 Å². The van der Waals surface area contributed by atoms with Crippen LogP contribution < -0.4 is 5.32 Å². The Morgan fingerprint density at radius 2 is 1.63 bits per heavy atom. The molecule has 2 aromatic carbocycles. The Hall–Kier alpha value is -3.25. The normalized spacial score (nSPS) is 12.6. The third kappa shape index (κ3) is 5.42. The second-order valence-electron chi connectivity index (χ2n) is 7.12. The smallest absolute Gasteiger partial charge is 0.244 e. The Balaban J connectivity index is 1.79. The first kappa shape index (κ1) is 21.5. The molecule has 1 aromatic heterocycles. The van der Waals surface area contributed by atoms with Crippen molar-refractivity contribution >= 4 is 21.8 Å². The Morgan fingerprint density at radius 1 is 1.00 bits per heavy atom. The van der Waals surface area contributed by atoms with Crippen LogP contribution in [-0.2, 0) is 14.6 Å². The molecule has 5 nitrogen and oxygen atoms in total. The van der Waals surface area contributed by atoms with Crippen LogP contribution in [0, 0.1) is 13.8 Å². The number of aryl methyl sites for hydroxylation is 2. The molecule has 3 aromatic rings. The molecule has 0 unspecified atom stereocenters. The van der Waals surface area contributed by atoms with Crippen molar-refractivity contribution in [3.8, 4) is 0 Å². The number of nitrogens with one attached hydrogen (secondary N) is 1. The molecule has 6 heteroatoms. The number of nitrogens with zero attached hydrogens (tertiary/aromatic N) is 1. The van der Waals surface area contributed by atoms with Gasteiger partial charge in [-0.25, -0.2) is 8.42 Å². The second-order valence-corrected chi connectivity index (χ2v) is 9.25. The average Bonchev–Trinajstić information content (AvgIpc) is 2.74. The summed E-state index contributed by atoms with van der Waals surface area (Å²) in [5.41, 5.74) is 3.53. The van der Waals surface area contributed by atoms with E-state index in [1.165, 1.54) is 12.3 Å². The van der Waals surface area contributed by atoms with Crippen LogP contribution in [0.1, 0.15) is 27.5 Å². The summed E-state index contributed by atoms with van der Waals surface area (Å²) in [5, 5.41) is 1.78. The topological polar surface area (TPSA) is 76.1 Å². The van der Waals surface area contributed by atoms with Crippen molar-refractivity contribution in [3.63, 3.8) is 0 Å². The summed E-state index contributed by atoms with van der Waals surface area (Å²) in [6, 6.07) is 17.9. The van der Waals surface area contributed by atoms with Gasteiger partial charge in [-0.05, 0) is 49.2 Å². The van der Waals surface area contributed by atoms with Gasteiger partial charge in [0.2, 0.25) is 5.91 Å². The van der Waals surface area contributed by atoms with Gasteiger partial charge in [-0.3, -0.25) is 9.78 Å². The van der Waals surface area contributed by atoms with Gasteiger partial charge in [0.1, 0.15) is 5.25 Å². The summed E-state index contributed by atoms with van der Waals surface area (Å²) in [6.45, 7) is 3.84. The first-order valence-corrected chi connectivity index (χ1v) is 11.1. The fourth-order valence-electron chi connectivity index (χ4n) is 2.97. The van der Waals surface area contributed by atoms with Crippen LogP contribution in [-0.4, -0.2) is 25.9 Å². The Labute approximate surface area is 177 Å². The van der Waals surface area contributed by atoms with E-state index in [9.17, 15) is 13.2 Å². The van der Waals surface area contributed by atoms with E-state index in [1.54, 1.807) is 48.7 Å². The molecule has 3 rings (SSSR count). The van der Waals surface area contributed by atoms with E-state index in [4.69, 9.17) is 0 Å². The summed E-state index contributed by atoms with van der Waals surface area (Å²) in [4.78, 5) is 16.6. The van der Waals surface area contributed by atoms with Gasteiger partial charge in [-0.1, -0.05) is 53.6 Å². The zero-order chi connectivity index (χ0) is 21.6. The number of aromatic nitrogens is 1. The molecule has 0 radical (unpaired) electrons. The summed E-state index contributed by atoms with van der Waals surface area (Å²) in [5.74, 6) is -0.358. The maximum Gasteiger partial charge on any atom is 0.244 e. The molecular formula is C24H24N2O3S. The molecule has 0 saturated heterocycles. The second kappa shape index (κ2) is 9.50. The van der Waals surface area contributed by atoms with Crippen LogP contribution in [0.2, 0.25) is 0 Å². The van der Waals surface area contributed by atoms with Crippen LogP contribution in [0.25, 0.3) is 6.08 Å². The van der Waals surface area contributed by atoms with Gasteiger partial charge in [-0.15, -0.1) is 0 Å². The van der Waals surface area contributed by atoms with E-state index in [1.807, 2.05) is 38.1 Å². The molecule has 0 aliphatic carbocycles. The van der Waals surface area contributed by atoms with Crippen molar-refractivity contribution in [2.24, 2.45) is 0 Å². The summed E-state index contributed by atoms with van der Waals surface area (Å²) in [7, 11) is -3.72. The predicted octanol–water partition coefficient (Wildman–Crippen LogP) is 4.04. The molecule has 0 saturated carbocycles. The fraction of sp³-hybridized carbons (Fsp3) is 0.167. The Bertz CT molecular complexity index is 1120. The summed E-state index contributed by atoms with van der Waals surface area (Å²) >= 11 is 0. The van der Waals surface area contributed by atoms with Gasteiger partial charge in [0.05, 0.1) is 4.90 Å². The van der Waals surface area contributed by atoms with Gasteiger partial charge in [0.15, 0.2) is 9.84 Å². The molecule has 0 fully saturated rings. The molecule has 1 atom stereocenters. The van der Waals surface area contributed by atoms with Crippen LogP contribution >= 0.6 is 0 Å². The summed E-state index contributed by atoms with van der Waals surface area (Å²) in [6.07, 6.45) is 6.21. The van der Waals surface area contributed by atoms with Gasteiger partial charge >= 0.3 is 0 Å². The lowest BCUT2D eigenvalue weighted by atomic mass is 10.1. The highest BCUT2D eigenvalue weighted by Gasteiger charge is 2.29. The number of amides is 1. The lowest BCUT2D eigenvalue weighted by Gasteiger charge is -2.18. The third-order valence-corrected chi connectivity index (χ3v) is 6.86. The molecule has 0 spiro atoms. The van der Waals surface area contributed by atoms with Crippen LogP contribution in [0.3, 0.4) is 0 Å². The minimum Gasteiger partial charge on any atom is -0.351 e. The SMILES string of the molecule is Cc1ccc(/C=C/C(=O)NC[C@H](c2cccnc2)S(=O)(=O)c2ccc(C)cc2)cc1. The number of hydrogen-bond donors (Lipinski definition) is 1. The minimum absolute atomic E-state index is 0.0566. The molecule has 0 aliphatic heterocycles. The lowest BCUT2D eigenvalue weighted by molar-refractivity contribution is -0.116. The van der Waals surface area contributed by atoms with Crippen LogP contribution in [0.15, 0.2) is 84.0 Å². The monoisotopic (exact) mass is 420 g/mol. The number of carbonyl (C=O) groups is 1. The lowest BCUT2D eigenvalue weighted by Crippen LogP contribution is -2.31. The quantitative estimate of drug-likeness (QED) is 0.585. The average molecular weight is 421 g/mol. The highest BCUT2D eigenvalue weighted by Crippen LogP contribution is 2.28. The highest BCUT2D eigenvalue weighted by atomic mass is 32.2. The molecule has 1 N–H and O–H groups in total. The number of carbonyl (C=O) groups excluding carboxylic acids is 1. The minimum atomic E-state index is -3.72. The standard InChI is InChI=1S/C24H24N2O3S/c1-18-5-9-20(10-6-18)11-14-24(27)26-17-23(21-4-3-15-25-16-21)30(28,29)22-12-7-19(2)8-13-22/h3-16,23H,17H2,1-2H3,(H,26,27)/b14-11+/t23-/m1/s1. The van der Waals surface area contributed by atoms with E-state index < -0.39 is 15.1 Å². The largest absolute Gasteiger partial charge is 0.351 e. The van der Waals surface area contributed by atoms with Crippen LogP contribution in [0.5, 0.6) is 0 Å². The first-order chi connectivity index (χ1) is 14.4. The van der Waals surface area contributed by atoms with E-state index in [2.05, 4.69) is 10.3 Å². The van der Waals surface area contributed by atoms with E-state index >= 15 is 0 Å². The number of pyridine rings is 1. The number of sulfone groups is 1. The fourth-order valence-corrected chi connectivity index (χ4v) is 4.61. The molecule has 0 bridgehead atoms. The molecule has 0 aliphatic rings. The van der Waals surface area contributed by atoms with Crippen molar-refractivity contribution in [1.29, 1.82) is 0 Å². The predicted molar refractivity (Wildman–Crippen MR) is 119 cm³/mol.